The zero-order valence-corrected chi connectivity index (χ0v) is 24.1. The smallest absolute Gasteiger partial charge is 0.265 e. The molecule has 2 aromatic carbocycles. The van der Waals surface area contributed by atoms with E-state index in [4.69, 9.17) is 0 Å². The van der Waals surface area contributed by atoms with Gasteiger partial charge in [0.25, 0.3) is 5.91 Å². The van der Waals surface area contributed by atoms with E-state index in [-0.39, 0.29) is 5.69 Å². The molecule has 1 aliphatic heterocycles. The largest absolute Gasteiger partial charge is 0.368 e. The number of pyridine rings is 2. The molecule has 1 unspecified atom stereocenters. The molecule has 7 nitrogen and oxygen atoms in total. The lowest BCUT2D eigenvalue weighted by molar-refractivity contribution is 0.102. The first-order chi connectivity index (χ1) is 21.3. The highest BCUT2D eigenvalue weighted by molar-refractivity contribution is 7.17. The molecular formula is C33H24F3N5O2S. The van der Waals surface area contributed by atoms with Crippen molar-refractivity contribution in [3.63, 3.8) is 0 Å². The van der Waals surface area contributed by atoms with Crippen molar-refractivity contribution >= 4 is 39.7 Å². The van der Waals surface area contributed by atoms with E-state index in [1.165, 1.54) is 35.6 Å². The number of fused-ring (bicyclic) bond motifs is 4. The van der Waals surface area contributed by atoms with Crippen LogP contribution in [0.4, 0.5) is 24.5 Å². The maximum absolute atomic E-state index is 14.7. The van der Waals surface area contributed by atoms with Crippen molar-refractivity contribution in [3.05, 3.63) is 118 Å². The van der Waals surface area contributed by atoms with Crippen LogP contribution in [0.15, 0.2) is 79.1 Å². The zero-order valence-electron chi connectivity index (χ0n) is 23.2. The second-order valence-electron chi connectivity index (χ2n) is 10.5. The lowest BCUT2D eigenvalue weighted by Crippen LogP contribution is -2.31. The Balaban J connectivity index is 1.22. The molecule has 0 bridgehead atoms. The van der Waals surface area contributed by atoms with E-state index in [0.717, 1.165) is 16.6 Å². The standard InChI is InChI=1S/C33H24F3N5O2S/c1-17-4-2-5-24(36)29(17)40-32(42)28-12-18-10-11-41(27-14-19(34)8-9-21(27)30(18)44-28)33(43)26-7-3-6-25(39-26)23-16-38-31-22(23)13-20(35)15-37-31/h2-9,12-16,33,43H,10-11H2,1H3,(H,37,38)(H,40,42). The number of nitrogens with one attached hydrogen (secondary N) is 2. The van der Waals surface area contributed by atoms with Gasteiger partial charge >= 0.3 is 0 Å². The third-order valence-electron chi connectivity index (χ3n) is 7.73. The van der Waals surface area contributed by atoms with E-state index in [9.17, 15) is 23.1 Å². The Bertz CT molecular complexity index is 2050. The summed E-state index contributed by atoms with van der Waals surface area (Å²) in [6.07, 6.45) is 2.02. The molecule has 4 aromatic heterocycles. The van der Waals surface area contributed by atoms with Gasteiger partial charge in [-0.15, -0.1) is 11.3 Å². The minimum absolute atomic E-state index is 0.127. The molecule has 0 radical (unpaired) electrons. The van der Waals surface area contributed by atoms with Crippen LogP contribution in [0.2, 0.25) is 0 Å². The van der Waals surface area contributed by atoms with Crippen LogP contribution in [-0.2, 0) is 6.42 Å². The average Bonchev–Trinajstić information content (AvgIpc) is 3.60. The minimum Gasteiger partial charge on any atom is -0.368 e. The molecule has 44 heavy (non-hydrogen) atoms. The van der Waals surface area contributed by atoms with Crippen LogP contribution in [0.3, 0.4) is 0 Å². The number of aliphatic hydroxyl groups excluding tert-OH is 1. The zero-order chi connectivity index (χ0) is 30.5. The van der Waals surface area contributed by atoms with Gasteiger partial charge in [-0.2, -0.15) is 0 Å². The van der Waals surface area contributed by atoms with Gasteiger partial charge in [-0.3, -0.25) is 4.79 Å². The first-order valence-electron chi connectivity index (χ1n) is 13.8. The predicted octanol–water partition coefficient (Wildman–Crippen LogP) is 7.39. The molecule has 0 saturated carbocycles. The number of H-pyrrole nitrogens is 1. The Morgan fingerprint density at radius 1 is 1.05 bits per heavy atom. The molecule has 3 N–H and O–H groups in total. The SMILES string of the molecule is Cc1cccc(F)c1NC(=O)c1cc2c(s1)-c1ccc(F)cc1N(C(O)c1cccc(-c3c[nH]c4ncc(F)cc34)n1)CC2. The number of aryl methyl sites for hydroxylation is 1. The Morgan fingerprint density at radius 3 is 2.73 bits per heavy atom. The van der Waals surface area contributed by atoms with Crippen molar-refractivity contribution in [1.82, 2.24) is 15.0 Å². The first kappa shape index (κ1) is 27.8. The Hall–Kier alpha value is -5.00. The molecule has 1 atom stereocenters. The van der Waals surface area contributed by atoms with Crippen molar-refractivity contribution < 1.29 is 23.1 Å². The van der Waals surface area contributed by atoms with Crippen LogP contribution in [0.1, 0.15) is 32.7 Å². The number of benzene rings is 2. The lowest BCUT2D eigenvalue weighted by atomic mass is 10.1. The van der Waals surface area contributed by atoms with Gasteiger partial charge in [0, 0.05) is 34.1 Å². The average molecular weight is 612 g/mol. The van der Waals surface area contributed by atoms with Crippen LogP contribution >= 0.6 is 11.3 Å². The molecule has 5 heterocycles. The summed E-state index contributed by atoms with van der Waals surface area (Å²) < 4.78 is 43.0. The van der Waals surface area contributed by atoms with Gasteiger partial charge in [0.05, 0.1) is 33.8 Å². The number of aliphatic hydroxyl groups is 1. The summed E-state index contributed by atoms with van der Waals surface area (Å²) in [5, 5.41) is 14.9. The molecule has 7 rings (SSSR count). The highest BCUT2D eigenvalue weighted by atomic mass is 32.1. The van der Waals surface area contributed by atoms with Gasteiger partial charge < -0.3 is 20.3 Å². The van der Waals surface area contributed by atoms with Crippen LogP contribution in [0.5, 0.6) is 0 Å². The molecule has 0 fully saturated rings. The fourth-order valence-corrected chi connectivity index (χ4v) is 6.70. The van der Waals surface area contributed by atoms with Crippen LogP contribution in [0.25, 0.3) is 32.7 Å². The number of thiophene rings is 1. The Morgan fingerprint density at radius 2 is 1.89 bits per heavy atom. The number of hydrogen-bond acceptors (Lipinski definition) is 6. The summed E-state index contributed by atoms with van der Waals surface area (Å²) in [6.45, 7) is 2.01. The molecular weight excluding hydrogens is 587 g/mol. The van der Waals surface area contributed by atoms with Gasteiger partial charge in [-0.1, -0.05) is 18.2 Å². The number of amides is 1. The van der Waals surface area contributed by atoms with Crippen LogP contribution < -0.4 is 10.2 Å². The fraction of sp³-hybridized carbons (Fsp3) is 0.121. The fourth-order valence-electron chi connectivity index (χ4n) is 5.56. The van der Waals surface area contributed by atoms with Gasteiger partial charge in [0.1, 0.15) is 23.1 Å². The highest BCUT2D eigenvalue weighted by Crippen LogP contribution is 2.44. The second-order valence-corrected chi connectivity index (χ2v) is 11.6. The number of hydrogen-bond donors (Lipinski definition) is 3. The lowest BCUT2D eigenvalue weighted by Gasteiger charge is -2.30. The van der Waals surface area contributed by atoms with Gasteiger partial charge in [0.15, 0.2) is 6.23 Å². The van der Waals surface area contributed by atoms with E-state index >= 15 is 0 Å². The van der Waals surface area contributed by atoms with Gasteiger partial charge in [-0.05, 0) is 73.0 Å². The molecule has 0 spiro atoms. The summed E-state index contributed by atoms with van der Waals surface area (Å²) in [5.74, 6) is -1.92. The number of para-hydroxylation sites is 1. The summed E-state index contributed by atoms with van der Waals surface area (Å²) in [7, 11) is 0. The van der Waals surface area contributed by atoms with Crippen molar-refractivity contribution in [3.8, 4) is 21.7 Å². The van der Waals surface area contributed by atoms with Gasteiger partial charge in [-0.25, -0.2) is 23.1 Å². The summed E-state index contributed by atoms with van der Waals surface area (Å²) in [6, 6.07) is 17.2. The molecule has 1 amide bonds. The number of aromatic nitrogens is 3. The topological polar surface area (TPSA) is 94.1 Å². The van der Waals surface area contributed by atoms with Crippen LogP contribution in [-0.4, -0.2) is 32.5 Å². The second kappa shape index (κ2) is 10.9. The quantitative estimate of drug-likeness (QED) is 0.189. The third kappa shape index (κ3) is 4.89. The number of nitrogens with zero attached hydrogens (tertiary/aromatic N) is 3. The summed E-state index contributed by atoms with van der Waals surface area (Å²) >= 11 is 1.23. The molecule has 1 aliphatic rings. The number of carbonyl (C=O) groups excluding carboxylic acids is 1. The van der Waals surface area contributed by atoms with E-state index < -0.39 is 29.6 Å². The van der Waals surface area contributed by atoms with E-state index in [1.54, 1.807) is 60.5 Å². The van der Waals surface area contributed by atoms with Gasteiger partial charge in [0.2, 0.25) is 0 Å². The highest BCUT2D eigenvalue weighted by Gasteiger charge is 2.29. The molecule has 0 saturated heterocycles. The molecule has 11 heteroatoms. The summed E-state index contributed by atoms with van der Waals surface area (Å²) in [4.78, 5) is 27.8. The van der Waals surface area contributed by atoms with Crippen molar-refractivity contribution in [1.29, 1.82) is 0 Å². The monoisotopic (exact) mass is 611 g/mol. The van der Waals surface area contributed by atoms with Crippen molar-refractivity contribution in [2.45, 2.75) is 19.6 Å². The normalized spacial score (nSPS) is 13.3. The maximum atomic E-state index is 14.7. The minimum atomic E-state index is -1.24. The number of halogens is 3. The first-order valence-corrected chi connectivity index (χ1v) is 14.6. The Kier molecular flexibility index (Phi) is 6.91. The maximum Gasteiger partial charge on any atom is 0.265 e. The van der Waals surface area contributed by atoms with E-state index in [1.807, 2.05) is 0 Å². The molecule has 0 aliphatic carbocycles. The summed E-state index contributed by atoms with van der Waals surface area (Å²) in [5.41, 5.74) is 4.64. The molecule has 6 aromatic rings. The van der Waals surface area contributed by atoms with Crippen molar-refractivity contribution in [2.24, 2.45) is 0 Å². The third-order valence-corrected chi connectivity index (χ3v) is 8.94. The number of anilines is 2. The number of rotatable bonds is 5. The van der Waals surface area contributed by atoms with Crippen molar-refractivity contribution in [2.75, 3.05) is 16.8 Å². The van der Waals surface area contributed by atoms with Crippen LogP contribution in [0, 0.1) is 24.4 Å². The van der Waals surface area contributed by atoms with E-state index in [0.29, 0.717) is 62.6 Å². The number of carbonyl (C=O) groups is 1. The Labute approximate surface area is 253 Å². The van der Waals surface area contributed by atoms with E-state index in [2.05, 4.69) is 20.3 Å². The number of aromatic amines is 1. The molecule has 220 valence electrons. The predicted molar refractivity (Wildman–Crippen MR) is 164 cm³/mol.